The van der Waals surface area contributed by atoms with E-state index < -0.39 is 0 Å². The van der Waals surface area contributed by atoms with Gasteiger partial charge in [-0.15, -0.1) is 0 Å². The van der Waals surface area contributed by atoms with Crippen molar-refractivity contribution in [3.8, 4) is 0 Å². The van der Waals surface area contributed by atoms with Gasteiger partial charge >= 0.3 is 0 Å². The Morgan fingerprint density at radius 1 is 1.45 bits per heavy atom. The highest BCUT2D eigenvalue weighted by molar-refractivity contribution is 5.03. The first-order valence-electron chi connectivity index (χ1n) is 7.80. The van der Waals surface area contributed by atoms with Gasteiger partial charge in [0.05, 0.1) is 0 Å². The molecule has 1 saturated heterocycles. The lowest BCUT2D eigenvalue weighted by Crippen LogP contribution is -2.60. The number of hydrazine groups is 1. The van der Waals surface area contributed by atoms with E-state index in [-0.39, 0.29) is 5.54 Å². The second-order valence-electron chi connectivity index (χ2n) is 6.11. The first-order chi connectivity index (χ1) is 9.61. The van der Waals surface area contributed by atoms with Crippen molar-refractivity contribution in [3.63, 3.8) is 0 Å². The molecule has 2 rings (SSSR count). The van der Waals surface area contributed by atoms with Gasteiger partial charge in [0.1, 0.15) is 0 Å². The highest BCUT2D eigenvalue weighted by atomic mass is 15.3. The molecular weight excluding hydrogens is 250 g/mol. The van der Waals surface area contributed by atoms with Crippen LogP contribution >= 0.6 is 0 Å². The predicted molar refractivity (Wildman–Crippen MR) is 82.1 cm³/mol. The van der Waals surface area contributed by atoms with Gasteiger partial charge in [-0.05, 0) is 58.2 Å². The monoisotopic (exact) mass is 279 g/mol. The molecule has 0 saturated carbocycles. The molecule has 1 fully saturated rings. The maximum absolute atomic E-state index is 5.88. The Morgan fingerprint density at radius 2 is 2.15 bits per heavy atom. The molecule has 1 aromatic heterocycles. The van der Waals surface area contributed by atoms with Gasteiger partial charge in [-0.1, -0.05) is 6.92 Å². The van der Waals surface area contributed by atoms with Crippen LogP contribution in [0.3, 0.4) is 0 Å². The molecule has 1 aliphatic heterocycles. The molecule has 2 heterocycles. The lowest BCUT2D eigenvalue weighted by Gasteiger charge is -2.44. The SMILES string of the molecule is CCC(C)(C(CCc1ccnn1C)NN)N1CCCC1. The Bertz CT molecular complexity index is 410. The van der Waals surface area contributed by atoms with Crippen molar-refractivity contribution in [1.82, 2.24) is 20.1 Å². The molecule has 0 aromatic carbocycles. The smallest absolute Gasteiger partial charge is 0.0492 e. The number of nitrogens with one attached hydrogen (secondary N) is 1. The minimum absolute atomic E-state index is 0.143. The number of aromatic nitrogens is 2. The fraction of sp³-hybridized carbons (Fsp3) is 0.800. The average molecular weight is 279 g/mol. The van der Waals surface area contributed by atoms with E-state index >= 15 is 0 Å². The van der Waals surface area contributed by atoms with E-state index in [1.165, 1.54) is 31.6 Å². The molecule has 5 heteroatoms. The van der Waals surface area contributed by atoms with Crippen LogP contribution in [0.1, 0.15) is 45.2 Å². The second kappa shape index (κ2) is 6.70. The molecule has 114 valence electrons. The van der Waals surface area contributed by atoms with Crippen molar-refractivity contribution >= 4 is 0 Å². The van der Waals surface area contributed by atoms with Crippen LogP contribution < -0.4 is 11.3 Å². The molecule has 3 N–H and O–H groups in total. The third-order valence-electron chi connectivity index (χ3n) is 5.11. The van der Waals surface area contributed by atoms with E-state index in [1.807, 2.05) is 17.9 Å². The van der Waals surface area contributed by atoms with Crippen LogP contribution in [0.2, 0.25) is 0 Å². The topological polar surface area (TPSA) is 59.1 Å². The van der Waals surface area contributed by atoms with Gasteiger partial charge in [-0.2, -0.15) is 5.10 Å². The Labute approximate surface area is 122 Å². The summed E-state index contributed by atoms with van der Waals surface area (Å²) in [5.74, 6) is 5.88. The van der Waals surface area contributed by atoms with E-state index in [2.05, 4.69) is 35.3 Å². The average Bonchev–Trinajstić information content (AvgIpc) is 3.11. The van der Waals surface area contributed by atoms with Crippen LogP contribution in [0.5, 0.6) is 0 Å². The highest BCUT2D eigenvalue weighted by Gasteiger charge is 2.38. The molecule has 0 amide bonds. The largest absolute Gasteiger partial charge is 0.296 e. The molecule has 1 aliphatic rings. The summed E-state index contributed by atoms with van der Waals surface area (Å²) in [6, 6.07) is 2.40. The van der Waals surface area contributed by atoms with Crippen molar-refractivity contribution in [2.45, 2.75) is 57.5 Å². The van der Waals surface area contributed by atoms with Crippen LogP contribution in [-0.4, -0.2) is 39.4 Å². The lowest BCUT2D eigenvalue weighted by molar-refractivity contribution is 0.0802. The van der Waals surface area contributed by atoms with Crippen LogP contribution in [0.4, 0.5) is 0 Å². The summed E-state index contributed by atoms with van der Waals surface area (Å²) in [5, 5.41) is 4.23. The summed E-state index contributed by atoms with van der Waals surface area (Å²) in [6.45, 7) is 7.03. The van der Waals surface area contributed by atoms with E-state index in [0.717, 1.165) is 19.3 Å². The van der Waals surface area contributed by atoms with Gasteiger partial charge in [-0.25, -0.2) is 0 Å². The molecule has 2 unspecified atom stereocenters. The van der Waals surface area contributed by atoms with E-state index in [4.69, 9.17) is 5.84 Å². The Morgan fingerprint density at radius 3 is 2.65 bits per heavy atom. The third-order valence-corrected chi connectivity index (χ3v) is 5.11. The molecule has 5 nitrogen and oxygen atoms in total. The van der Waals surface area contributed by atoms with Gasteiger partial charge in [0.15, 0.2) is 0 Å². The van der Waals surface area contributed by atoms with Gasteiger partial charge < -0.3 is 0 Å². The number of likely N-dealkylation sites (tertiary alicyclic amines) is 1. The standard InChI is InChI=1S/C15H29N5/c1-4-15(2,20-11-5-6-12-20)14(18-16)8-7-13-9-10-17-19(13)3/h9-10,14,18H,4-8,11-12,16H2,1-3H3. The Balaban J connectivity index is 2.03. The summed E-state index contributed by atoms with van der Waals surface area (Å²) in [5.41, 5.74) is 4.49. The van der Waals surface area contributed by atoms with E-state index in [0.29, 0.717) is 6.04 Å². The fourth-order valence-corrected chi connectivity index (χ4v) is 3.43. The van der Waals surface area contributed by atoms with Gasteiger partial charge in [0, 0.05) is 30.5 Å². The summed E-state index contributed by atoms with van der Waals surface area (Å²) >= 11 is 0. The van der Waals surface area contributed by atoms with Gasteiger partial charge in [0.25, 0.3) is 0 Å². The number of hydrogen-bond acceptors (Lipinski definition) is 4. The molecule has 0 radical (unpaired) electrons. The zero-order chi connectivity index (χ0) is 14.6. The minimum Gasteiger partial charge on any atom is -0.296 e. The fourth-order valence-electron chi connectivity index (χ4n) is 3.43. The molecule has 1 aromatic rings. The van der Waals surface area contributed by atoms with E-state index in [1.54, 1.807) is 0 Å². The van der Waals surface area contributed by atoms with Crippen molar-refractivity contribution in [2.75, 3.05) is 13.1 Å². The summed E-state index contributed by atoms with van der Waals surface area (Å²) in [7, 11) is 2.00. The van der Waals surface area contributed by atoms with Crippen molar-refractivity contribution < 1.29 is 0 Å². The number of hydrogen-bond donors (Lipinski definition) is 2. The molecular formula is C15H29N5. The second-order valence-corrected chi connectivity index (χ2v) is 6.11. The number of aryl methyl sites for hydroxylation is 2. The zero-order valence-corrected chi connectivity index (χ0v) is 13.1. The van der Waals surface area contributed by atoms with Crippen molar-refractivity contribution in [3.05, 3.63) is 18.0 Å². The zero-order valence-electron chi connectivity index (χ0n) is 13.1. The summed E-state index contributed by atoms with van der Waals surface area (Å²) < 4.78 is 1.95. The van der Waals surface area contributed by atoms with Gasteiger partial charge in [-0.3, -0.25) is 20.9 Å². The quantitative estimate of drug-likeness (QED) is 0.586. The minimum atomic E-state index is 0.143. The van der Waals surface area contributed by atoms with Crippen LogP contribution in [0.25, 0.3) is 0 Å². The third kappa shape index (κ3) is 3.05. The highest BCUT2D eigenvalue weighted by Crippen LogP contribution is 2.29. The maximum atomic E-state index is 5.88. The molecule has 20 heavy (non-hydrogen) atoms. The molecule has 0 spiro atoms. The lowest BCUT2D eigenvalue weighted by atomic mass is 9.84. The van der Waals surface area contributed by atoms with Crippen LogP contribution in [0.15, 0.2) is 12.3 Å². The number of nitrogens with zero attached hydrogens (tertiary/aromatic N) is 3. The van der Waals surface area contributed by atoms with Crippen molar-refractivity contribution in [1.29, 1.82) is 0 Å². The Kier molecular flexibility index (Phi) is 5.18. The first kappa shape index (κ1) is 15.5. The van der Waals surface area contributed by atoms with Gasteiger partial charge in [0.2, 0.25) is 0 Å². The number of rotatable bonds is 7. The Hall–Kier alpha value is -0.910. The normalized spacial score (nSPS) is 21.0. The first-order valence-corrected chi connectivity index (χ1v) is 7.80. The number of nitrogens with two attached hydrogens (primary N) is 1. The molecule has 2 atom stereocenters. The van der Waals surface area contributed by atoms with E-state index in [9.17, 15) is 0 Å². The maximum Gasteiger partial charge on any atom is 0.0492 e. The predicted octanol–water partition coefficient (Wildman–Crippen LogP) is 1.45. The molecule has 0 bridgehead atoms. The summed E-state index contributed by atoms with van der Waals surface area (Å²) in [6.07, 6.45) is 7.65. The molecule has 0 aliphatic carbocycles. The van der Waals surface area contributed by atoms with Crippen LogP contribution in [0, 0.1) is 0 Å². The van der Waals surface area contributed by atoms with Crippen molar-refractivity contribution in [2.24, 2.45) is 12.9 Å². The van der Waals surface area contributed by atoms with Crippen LogP contribution in [-0.2, 0) is 13.5 Å². The summed E-state index contributed by atoms with van der Waals surface area (Å²) in [4.78, 5) is 2.61.